The first-order chi connectivity index (χ1) is 19.2. The lowest BCUT2D eigenvalue weighted by molar-refractivity contribution is 0.412. The molecule has 1 N–H and O–H groups in total. The number of ether oxygens (including phenoxy) is 2. The molecule has 0 amide bonds. The van der Waals surface area contributed by atoms with Gasteiger partial charge in [0.2, 0.25) is 5.88 Å². The molecular weight excluding hydrogens is 482 g/mol. The van der Waals surface area contributed by atoms with Gasteiger partial charge in [0, 0.05) is 17.2 Å². The summed E-state index contributed by atoms with van der Waals surface area (Å²) in [5, 5.41) is 11.6. The Bertz CT molecular complexity index is 1890. The maximum absolute atomic E-state index is 9.42. The molecule has 39 heavy (non-hydrogen) atoms. The van der Waals surface area contributed by atoms with E-state index in [0.29, 0.717) is 11.4 Å². The molecule has 188 valence electrons. The minimum Gasteiger partial charge on any atom is -0.497 e. The molecule has 0 saturated carbocycles. The smallest absolute Gasteiger partial charge is 0.228 e. The highest BCUT2D eigenvalue weighted by atomic mass is 16.5. The predicted octanol–water partition coefficient (Wildman–Crippen LogP) is 7.47. The van der Waals surface area contributed by atoms with Gasteiger partial charge in [0.1, 0.15) is 23.3 Å². The molecule has 0 bridgehead atoms. The zero-order valence-electron chi connectivity index (χ0n) is 21.3. The Labute approximate surface area is 226 Å². The molecule has 1 atom stereocenters. The Hall–Kier alpha value is -5.16. The molecule has 5 heteroatoms. The van der Waals surface area contributed by atoms with Crippen LogP contribution in [0.15, 0.2) is 122 Å². The number of methoxy groups -OCH3 is 1. The van der Waals surface area contributed by atoms with Crippen molar-refractivity contribution < 1.29 is 9.47 Å². The van der Waals surface area contributed by atoms with Crippen LogP contribution in [0.5, 0.6) is 17.4 Å². The molecule has 1 unspecified atom stereocenters. The highest BCUT2D eigenvalue weighted by Crippen LogP contribution is 2.48. The summed E-state index contributed by atoms with van der Waals surface area (Å²) in [4.78, 5) is 4.72. The molecule has 1 aliphatic heterocycles. The third-order valence-electron chi connectivity index (χ3n) is 7.41. The Morgan fingerprint density at radius 1 is 0.769 bits per heavy atom. The van der Waals surface area contributed by atoms with E-state index in [1.807, 2.05) is 71.3 Å². The quantitative estimate of drug-likeness (QED) is 0.269. The van der Waals surface area contributed by atoms with Crippen LogP contribution in [0.4, 0.5) is 0 Å². The average Bonchev–Trinajstić information content (AvgIpc) is 3.01. The van der Waals surface area contributed by atoms with Crippen LogP contribution in [-0.2, 0) is 0 Å². The van der Waals surface area contributed by atoms with Crippen LogP contribution in [0.2, 0.25) is 0 Å². The van der Waals surface area contributed by atoms with Gasteiger partial charge in [-0.1, -0.05) is 84.9 Å². The second kappa shape index (κ2) is 9.30. The fraction of sp³-hybridized carbons (Fsp3) is 0.0588. The van der Waals surface area contributed by atoms with Crippen molar-refractivity contribution in [2.24, 2.45) is 0 Å². The van der Waals surface area contributed by atoms with Gasteiger partial charge in [-0.3, -0.25) is 9.98 Å². The van der Waals surface area contributed by atoms with Crippen LogP contribution in [0.25, 0.3) is 27.6 Å². The third-order valence-corrected chi connectivity index (χ3v) is 7.41. The highest BCUT2D eigenvalue weighted by Gasteiger charge is 2.33. The number of aromatic nitrogens is 2. The molecule has 1 aliphatic rings. The summed E-state index contributed by atoms with van der Waals surface area (Å²) in [6.07, 6.45) is 1.67. The van der Waals surface area contributed by atoms with E-state index in [1.54, 1.807) is 13.4 Å². The van der Waals surface area contributed by atoms with Crippen molar-refractivity contribution in [3.05, 3.63) is 144 Å². The molecule has 0 fully saturated rings. The summed E-state index contributed by atoms with van der Waals surface area (Å²) in [6, 6.07) is 38.9. The number of hydrogen-bond acceptors (Lipinski definition) is 4. The number of nitrogens with one attached hydrogen (secondary N) is 1. The van der Waals surface area contributed by atoms with Gasteiger partial charge in [-0.15, -0.1) is 0 Å². The van der Waals surface area contributed by atoms with Gasteiger partial charge in [0.25, 0.3) is 0 Å². The van der Waals surface area contributed by atoms with Gasteiger partial charge in [0.15, 0.2) is 0 Å². The van der Waals surface area contributed by atoms with Crippen molar-refractivity contribution in [2.45, 2.75) is 5.92 Å². The minimum absolute atomic E-state index is 0.263. The second-order valence-electron chi connectivity index (χ2n) is 9.61. The van der Waals surface area contributed by atoms with E-state index in [2.05, 4.69) is 48.5 Å². The zero-order valence-corrected chi connectivity index (χ0v) is 21.3. The van der Waals surface area contributed by atoms with Crippen LogP contribution in [-0.4, -0.2) is 16.7 Å². The molecule has 0 saturated heterocycles. The van der Waals surface area contributed by atoms with Crippen molar-refractivity contribution in [3.8, 4) is 34.2 Å². The fourth-order valence-electron chi connectivity index (χ4n) is 5.52. The van der Waals surface area contributed by atoms with Crippen molar-refractivity contribution in [1.29, 1.82) is 5.41 Å². The Kier molecular flexibility index (Phi) is 5.48. The van der Waals surface area contributed by atoms with Gasteiger partial charge >= 0.3 is 0 Å². The first-order valence-corrected chi connectivity index (χ1v) is 12.9. The third kappa shape index (κ3) is 3.87. The lowest BCUT2D eigenvalue weighted by atomic mass is 9.81. The Balaban J connectivity index is 1.43. The normalized spacial score (nSPS) is 13.8. The first kappa shape index (κ1) is 23.0. The molecule has 0 aliphatic carbocycles. The second-order valence-corrected chi connectivity index (χ2v) is 9.61. The number of benzene rings is 5. The molecule has 5 nitrogen and oxygen atoms in total. The molecule has 2 heterocycles. The Morgan fingerprint density at radius 3 is 2.36 bits per heavy atom. The zero-order chi connectivity index (χ0) is 26.3. The fourth-order valence-corrected chi connectivity index (χ4v) is 5.52. The van der Waals surface area contributed by atoms with E-state index >= 15 is 0 Å². The summed E-state index contributed by atoms with van der Waals surface area (Å²) in [5.74, 6) is 1.71. The van der Waals surface area contributed by atoms with Gasteiger partial charge in [-0.05, 0) is 57.8 Å². The summed E-state index contributed by atoms with van der Waals surface area (Å²) in [7, 11) is 1.67. The summed E-state index contributed by atoms with van der Waals surface area (Å²) < 4.78 is 13.8. The molecule has 0 spiro atoms. The lowest BCUT2D eigenvalue weighted by Gasteiger charge is -2.30. The van der Waals surface area contributed by atoms with Crippen LogP contribution in [0, 0.1) is 5.41 Å². The summed E-state index contributed by atoms with van der Waals surface area (Å²) in [6.45, 7) is 0. The van der Waals surface area contributed by atoms with Crippen LogP contribution in [0.1, 0.15) is 22.6 Å². The highest BCUT2D eigenvalue weighted by molar-refractivity contribution is 5.90. The van der Waals surface area contributed by atoms with E-state index in [4.69, 9.17) is 14.5 Å². The predicted molar refractivity (Wildman–Crippen MR) is 153 cm³/mol. The topological polar surface area (TPSA) is 60.1 Å². The number of rotatable bonds is 4. The molecule has 6 aromatic rings. The molecule has 7 rings (SSSR count). The molecule has 1 aromatic heterocycles. The first-order valence-electron chi connectivity index (χ1n) is 12.9. The van der Waals surface area contributed by atoms with Crippen LogP contribution < -0.4 is 15.0 Å². The maximum Gasteiger partial charge on any atom is 0.228 e. The Morgan fingerprint density at radius 2 is 1.54 bits per heavy atom. The largest absolute Gasteiger partial charge is 0.497 e. The van der Waals surface area contributed by atoms with Gasteiger partial charge in [-0.25, -0.2) is 4.98 Å². The summed E-state index contributed by atoms with van der Waals surface area (Å²) >= 11 is 0. The molecular formula is C34H25N3O2. The van der Waals surface area contributed by atoms with Gasteiger partial charge < -0.3 is 9.47 Å². The van der Waals surface area contributed by atoms with E-state index in [1.165, 1.54) is 0 Å². The lowest BCUT2D eigenvalue weighted by Crippen LogP contribution is -2.29. The van der Waals surface area contributed by atoms with Crippen molar-refractivity contribution in [2.75, 3.05) is 7.11 Å². The van der Waals surface area contributed by atoms with E-state index < -0.39 is 0 Å². The maximum atomic E-state index is 9.42. The van der Waals surface area contributed by atoms with Crippen molar-refractivity contribution in [3.63, 3.8) is 0 Å². The van der Waals surface area contributed by atoms with Crippen molar-refractivity contribution in [1.82, 2.24) is 9.55 Å². The van der Waals surface area contributed by atoms with Crippen molar-refractivity contribution >= 4 is 10.8 Å². The van der Waals surface area contributed by atoms with Gasteiger partial charge in [-0.2, -0.15) is 0 Å². The van der Waals surface area contributed by atoms with E-state index in [9.17, 15) is 5.41 Å². The molecule has 0 radical (unpaired) electrons. The standard InChI is InChI=1S/C34H25N3O2/c1-38-27-12-7-11-25(20-27)30-31-28-13-6-5-10-24(28)16-19-29(31)39-34-32(30)33(35)37(21-36-34)26-17-14-23(15-18-26)22-8-3-2-4-9-22/h2-21,30,35H,1H3. The number of hydrogen-bond donors (Lipinski definition) is 1. The van der Waals surface area contributed by atoms with E-state index in [-0.39, 0.29) is 5.92 Å². The number of fused-ring (bicyclic) bond motifs is 4. The SMILES string of the molecule is COc1cccc(C2c3c(ncn(-c4ccc(-c5ccccc5)cc4)c3=N)Oc3ccc4ccccc4c32)c1. The minimum atomic E-state index is -0.263. The van der Waals surface area contributed by atoms with Crippen LogP contribution in [0.3, 0.4) is 0 Å². The van der Waals surface area contributed by atoms with E-state index in [0.717, 1.165) is 55.8 Å². The number of nitrogens with zero attached hydrogens (tertiary/aromatic N) is 2. The monoisotopic (exact) mass is 507 g/mol. The van der Waals surface area contributed by atoms with Crippen LogP contribution >= 0.6 is 0 Å². The van der Waals surface area contributed by atoms with Gasteiger partial charge in [0.05, 0.1) is 12.7 Å². The molecule has 5 aromatic carbocycles. The summed E-state index contributed by atoms with van der Waals surface area (Å²) in [5.41, 5.74) is 6.24. The average molecular weight is 508 g/mol.